The van der Waals surface area contributed by atoms with Gasteiger partial charge < -0.3 is 16.0 Å². The van der Waals surface area contributed by atoms with Crippen LogP contribution in [-0.2, 0) is 16.1 Å². The fourth-order valence-electron chi connectivity index (χ4n) is 4.34. The molecular weight excluding hydrogens is 362 g/mol. The number of nitrogens with two attached hydrogens (primary N) is 1. The van der Waals surface area contributed by atoms with Crippen molar-refractivity contribution in [2.75, 3.05) is 5.32 Å². The van der Waals surface area contributed by atoms with Crippen LogP contribution in [0.15, 0.2) is 24.3 Å². The summed E-state index contributed by atoms with van der Waals surface area (Å²) < 4.78 is 0. The molecule has 0 saturated heterocycles. The first-order valence-corrected chi connectivity index (χ1v) is 11.2. The van der Waals surface area contributed by atoms with E-state index >= 15 is 0 Å². The van der Waals surface area contributed by atoms with Crippen molar-refractivity contribution in [3.63, 3.8) is 0 Å². The van der Waals surface area contributed by atoms with Crippen LogP contribution in [0.1, 0.15) is 77.7 Å². The average Bonchev–Trinajstić information content (AvgIpc) is 2.58. The highest BCUT2D eigenvalue weighted by Crippen LogP contribution is 2.31. The molecule has 5 heteroatoms. The summed E-state index contributed by atoms with van der Waals surface area (Å²) in [5.74, 6) is 0.388. The fraction of sp³-hybridized carbons (Fsp3) is 0.667. The zero-order valence-corrected chi connectivity index (χ0v) is 18.2. The summed E-state index contributed by atoms with van der Waals surface area (Å²) in [6.45, 7) is 6.78. The Morgan fingerprint density at radius 2 is 1.76 bits per heavy atom. The summed E-state index contributed by atoms with van der Waals surface area (Å²) in [5.41, 5.74) is 8.19. The third-order valence-electron chi connectivity index (χ3n) is 6.28. The average molecular weight is 400 g/mol. The molecular formula is C24H37N3O2. The minimum atomic E-state index is -0.0773. The van der Waals surface area contributed by atoms with Crippen LogP contribution in [0, 0.1) is 11.3 Å². The second kappa shape index (κ2) is 9.29. The van der Waals surface area contributed by atoms with E-state index in [4.69, 9.17) is 5.73 Å². The molecule has 2 atom stereocenters. The summed E-state index contributed by atoms with van der Waals surface area (Å²) in [4.78, 5) is 27.8. The predicted molar refractivity (Wildman–Crippen MR) is 117 cm³/mol. The molecule has 2 aliphatic rings. The van der Waals surface area contributed by atoms with E-state index in [2.05, 4.69) is 26.1 Å². The molecule has 2 saturated carbocycles. The molecule has 1 aromatic carbocycles. The molecule has 0 aromatic heterocycles. The van der Waals surface area contributed by atoms with E-state index in [0.29, 0.717) is 13.0 Å². The molecule has 3 rings (SSSR count). The predicted octanol–water partition coefficient (Wildman–Crippen LogP) is 4.46. The molecule has 160 valence electrons. The van der Waals surface area contributed by atoms with Gasteiger partial charge in [-0.1, -0.05) is 58.2 Å². The lowest BCUT2D eigenvalue weighted by Crippen LogP contribution is -2.52. The third-order valence-corrected chi connectivity index (χ3v) is 6.28. The first-order valence-electron chi connectivity index (χ1n) is 11.2. The number of amides is 2. The van der Waals surface area contributed by atoms with E-state index in [1.807, 2.05) is 29.2 Å². The molecule has 0 radical (unpaired) electrons. The van der Waals surface area contributed by atoms with Gasteiger partial charge in [0, 0.05) is 36.7 Å². The van der Waals surface area contributed by atoms with Crippen molar-refractivity contribution >= 4 is 17.5 Å². The quantitative estimate of drug-likeness (QED) is 0.741. The SMILES string of the molecule is CC(C)(C)CC(=O)N(Cc1ccccc1NC(=O)C1CCC1)C1CCCCC1N. The molecule has 2 fully saturated rings. The van der Waals surface area contributed by atoms with Gasteiger partial charge in [-0.05, 0) is 42.7 Å². The van der Waals surface area contributed by atoms with Crippen LogP contribution in [0.5, 0.6) is 0 Å². The number of carbonyl (C=O) groups excluding carboxylic acids is 2. The van der Waals surface area contributed by atoms with Crippen LogP contribution >= 0.6 is 0 Å². The first kappa shape index (κ1) is 21.8. The van der Waals surface area contributed by atoms with Gasteiger partial charge in [0.1, 0.15) is 0 Å². The van der Waals surface area contributed by atoms with Gasteiger partial charge in [-0.2, -0.15) is 0 Å². The maximum Gasteiger partial charge on any atom is 0.227 e. The molecule has 2 aliphatic carbocycles. The number of nitrogens with one attached hydrogen (secondary N) is 1. The van der Waals surface area contributed by atoms with Crippen LogP contribution in [0.4, 0.5) is 5.69 Å². The smallest absolute Gasteiger partial charge is 0.227 e. The summed E-state index contributed by atoms with van der Waals surface area (Å²) in [5, 5.41) is 3.11. The maximum atomic E-state index is 13.3. The summed E-state index contributed by atoms with van der Waals surface area (Å²) in [7, 11) is 0. The van der Waals surface area contributed by atoms with Gasteiger partial charge >= 0.3 is 0 Å². The number of carbonyl (C=O) groups is 2. The van der Waals surface area contributed by atoms with E-state index in [-0.39, 0.29) is 35.2 Å². The van der Waals surface area contributed by atoms with Gasteiger partial charge in [0.25, 0.3) is 0 Å². The molecule has 2 unspecified atom stereocenters. The van der Waals surface area contributed by atoms with Gasteiger partial charge in [0.2, 0.25) is 11.8 Å². The van der Waals surface area contributed by atoms with E-state index in [1.54, 1.807) is 0 Å². The topological polar surface area (TPSA) is 75.4 Å². The molecule has 5 nitrogen and oxygen atoms in total. The van der Waals surface area contributed by atoms with Crippen molar-refractivity contribution < 1.29 is 9.59 Å². The zero-order chi connectivity index (χ0) is 21.0. The highest BCUT2D eigenvalue weighted by atomic mass is 16.2. The normalized spacial score (nSPS) is 22.6. The van der Waals surface area contributed by atoms with Crippen molar-refractivity contribution in [1.82, 2.24) is 4.90 Å². The Bertz CT molecular complexity index is 721. The minimum absolute atomic E-state index is 0.0180. The Labute approximate surface area is 175 Å². The third kappa shape index (κ3) is 5.81. The van der Waals surface area contributed by atoms with Crippen LogP contribution in [0.25, 0.3) is 0 Å². The lowest BCUT2D eigenvalue weighted by molar-refractivity contribution is -0.137. The second-order valence-electron chi connectivity index (χ2n) is 10.0. The molecule has 1 aromatic rings. The van der Waals surface area contributed by atoms with Gasteiger partial charge in [0.05, 0.1) is 0 Å². The Morgan fingerprint density at radius 1 is 1.07 bits per heavy atom. The van der Waals surface area contributed by atoms with Crippen molar-refractivity contribution in [1.29, 1.82) is 0 Å². The number of rotatable bonds is 6. The summed E-state index contributed by atoms with van der Waals surface area (Å²) in [6, 6.07) is 7.95. The number of anilines is 1. The van der Waals surface area contributed by atoms with Gasteiger partial charge in [-0.3, -0.25) is 9.59 Å². The molecule has 3 N–H and O–H groups in total. The lowest BCUT2D eigenvalue weighted by Gasteiger charge is -2.40. The number of benzene rings is 1. The molecule has 2 amide bonds. The Morgan fingerprint density at radius 3 is 2.38 bits per heavy atom. The monoisotopic (exact) mass is 399 g/mol. The van der Waals surface area contributed by atoms with Crippen LogP contribution in [0.2, 0.25) is 0 Å². The summed E-state index contributed by atoms with van der Waals surface area (Å²) in [6.07, 6.45) is 7.73. The number of hydrogen-bond donors (Lipinski definition) is 2. The zero-order valence-electron chi connectivity index (χ0n) is 18.2. The standard InChI is InChI=1S/C24H37N3O2/c1-24(2,3)15-22(28)27(21-14-7-5-12-19(21)25)16-18-9-4-6-13-20(18)26-23(29)17-10-8-11-17/h4,6,9,13,17,19,21H,5,7-8,10-12,14-16,25H2,1-3H3,(H,26,29). The first-order chi connectivity index (χ1) is 13.7. The molecule has 29 heavy (non-hydrogen) atoms. The van der Waals surface area contributed by atoms with Crippen molar-refractivity contribution in [2.24, 2.45) is 17.1 Å². The van der Waals surface area contributed by atoms with Gasteiger partial charge in [-0.25, -0.2) is 0 Å². The van der Waals surface area contributed by atoms with Gasteiger partial charge in [0.15, 0.2) is 0 Å². The fourth-order valence-corrected chi connectivity index (χ4v) is 4.34. The van der Waals surface area contributed by atoms with Crippen molar-refractivity contribution in [2.45, 2.75) is 90.8 Å². The molecule has 0 spiro atoms. The molecule has 0 heterocycles. The van der Waals surface area contributed by atoms with Crippen LogP contribution in [0.3, 0.4) is 0 Å². The highest BCUT2D eigenvalue weighted by molar-refractivity contribution is 5.93. The second-order valence-corrected chi connectivity index (χ2v) is 10.0. The van der Waals surface area contributed by atoms with Crippen LogP contribution in [-0.4, -0.2) is 28.8 Å². The minimum Gasteiger partial charge on any atom is -0.334 e. The van der Waals surface area contributed by atoms with E-state index < -0.39 is 0 Å². The van der Waals surface area contributed by atoms with Crippen LogP contribution < -0.4 is 11.1 Å². The Hall–Kier alpha value is -1.88. The maximum absolute atomic E-state index is 13.3. The van der Waals surface area contributed by atoms with Crippen molar-refractivity contribution in [3.8, 4) is 0 Å². The van der Waals surface area contributed by atoms with Gasteiger partial charge in [-0.15, -0.1) is 0 Å². The molecule has 0 aliphatic heterocycles. The molecule has 0 bridgehead atoms. The number of nitrogens with zero attached hydrogens (tertiary/aromatic N) is 1. The van der Waals surface area contributed by atoms with E-state index in [1.165, 1.54) is 0 Å². The lowest BCUT2D eigenvalue weighted by atomic mass is 9.84. The number of hydrogen-bond acceptors (Lipinski definition) is 3. The van der Waals surface area contributed by atoms with Crippen molar-refractivity contribution in [3.05, 3.63) is 29.8 Å². The van der Waals surface area contributed by atoms with E-state index in [0.717, 1.165) is 56.2 Å². The largest absolute Gasteiger partial charge is 0.334 e. The summed E-state index contributed by atoms with van der Waals surface area (Å²) >= 11 is 0. The highest BCUT2D eigenvalue weighted by Gasteiger charge is 2.33. The number of para-hydroxylation sites is 1. The Kier molecular flexibility index (Phi) is 6.99. The Balaban J connectivity index is 1.81. The van der Waals surface area contributed by atoms with E-state index in [9.17, 15) is 9.59 Å².